The van der Waals surface area contributed by atoms with Crippen LogP contribution in [0.3, 0.4) is 0 Å². The highest BCUT2D eigenvalue weighted by Crippen LogP contribution is 2.25. The van der Waals surface area contributed by atoms with Crippen LogP contribution in [0.25, 0.3) is 33.3 Å². The van der Waals surface area contributed by atoms with Crippen molar-refractivity contribution in [3.05, 3.63) is 100 Å². The molecule has 146 valence electrons. The number of nitrogens with one attached hydrogen (secondary N) is 1. The molecule has 5 aromatic rings. The molecule has 30 heavy (non-hydrogen) atoms. The summed E-state index contributed by atoms with van der Waals surface area (Å²) in [5.74, 6) is 0.333. The lowest BCUT2D eigenvalue weighted by molar-refractivity contribution is 0.0998. The number of rotatable bonds is 3. The largest absolute Gasteiger partial charge is 0.456 e. The first-order chi connectivity index (χ1) is 14.6. The lowest BCUT2D eigenvalue weighted by atomic mass is 10.1. The fourth-order valence-corrected chi connectivity index (χ4v) is 3.46. The number of furan rings is 1. The third kappa shape index (κ3) is 3.26. The van der Waals surface area contributed by atoms with Crippen molar-refractivity contribution >= 4 is 33.5 Å². The maximum atomic E-state index is 12.7. The van der Waals surface area contributed by atoms with Crippen molar-refractivity contribution in [3.8, 4) is 11.3 Å². The fraction of sp³-hybridized carbons (Fsp3) is 0.0400. The molecule has 2 aromatic heterocycles. The summed E-state index contributed by atoms with van der Waals surface area (Å²) in [6.07, 6.45) is 0. The van der Waals surface area contributed by atoms with Crippen LogP contribution in [0.5, 0.6) is 0 Å². The average Bonchev–Trinajstić information content (AvgIpc) is 3.18. The summed E-state index contributed by atoms with van der Waals surface area (Å²) >= 11 is 0. The molecule has 0 saturated carbocycles. The van der Waals surface area contributed by atoms with Gasteiger partial charge < -0.3 is 14.2 Å². The number of amides is 1. The zero-order chi connectivity index (χ0) is 20.7. The van der Waals surface area contributed by atoms with E-state index in [-0.39, 0.29) is 17.1 Å². The Labute approximate surface area is 171 Å². The van der Waals surface area contributed by atoms with Crippen molar-refractivity contribution in [1.82, 2.24) is 0 Å². The first-order valence-electron chi connectivity index (χ1n) is 9.52. The van der Waals surface area contributed by atoms with E-state index < -0.39 is 0 Å². The van der Waals surface area contributed by atoms with Gasteiger partial charge >= 0.3 is 0 Å². The van der Waals surface area contributed by atoms with E-state index in [0.29, 0.717) is 28.0 Å². The number of hydrogen-bond acceptors (Lipinski definition) is 4. The van der Waals surface area contributed by atoms with E-state index in [1.165, 1.54) is 6.07 Å². The van der Waals surface area contributed by atoms with Crippen LogP contribution in [-0.4, -0.2) is 5.91 Å². The molecular formula is C25H17NO4. The van der Waals surface area contributed by atoms with Gasteiger partial charge in [0, 0.05) is 22.7 Å². The molecule has 0 bridgehead atoms. The Balaban J connectivity index is 1.47. The van der Waals surface area contributed by atoms with Crippen molar-refractivity contribution in [3.63, 3.8) is 0 Å². The molecule has 5 rings (SSSR count). The van der Waals surface area contributed by atoms with Gasteiger partial charge in [-0.05, 0) is 43.3 Å². The van der Waals surface area contributed by atoms with Gasteiger partial charge in [-0.15, -0.1) is 0 Å². The van der Waals surface area contributed by atoms with Gasteiger partial charge in [-0.2, -0.15) is 0 Å². The van der Waals surface area contributed by atoms with Crippen molar-refractivity contribution in [2.75, 3.05) is 5.32 Å². The van der Waals surface area contributed by atoms with Gasteiger partial charge in [0.15, 0.2) is 11.2 Å². The third-order valence-corrected chi connectivity index (χ3v) is 4.94. The summed E-state index contributed by atoms with van der Waals surface area (Å²) in [5, 5.41) is 4.03. The predicted molar refractivity (Wildman–Crippen MR) is 117 cm³/mol. The van der Waals surface area contributed by atoms with E-state index in [0.717, 1.165) is 16.5 Å². The molecule has 2 heterocycles. The summed E-state index contributed by atoms with van der Waals surface area (Å²) in [6, 6.07) is 23.3. The molecule has 3 aromatic carbocycles. The van der Waals surface area contributed by atoms with Gasteiger partial charge in [0.2, 0.25) is 0 Å². The minimum atomic E-state index is -0.383. The molecule has 5 nitrogen and oxygen atoms in total. The van der Waals surface area contributed by atoms with Gasteiger partial charge in [0.1, 0.15) is 16.9 Å². The van der Waals surface area contributed by atoms with E-state index in [4.69, 9.17) is 8.83 Å². The molecular weight excluding hydrogens is 378 g/mol. The molecule has 0 aliphatic rings. The number of aryl methyl sites for hydroxylation is 1. The summed E-state index contributed by atoms with van der Waals surface area (Å²) in [5.41, 5.74) is 3.34. The van der Waals surface area contributed by atoms with Crippen LogP contribution in [0, 0.1) is 6.92 Å². The molecule has 0 aliphatic carbocycles. The highest BCUT2D eigenvalue weighted by molar-refractivity contribution is 6.05. The van der Waals surface area contributed by atoms with Gasteiger partial charge in [0.25, 0.3) is 5.91 Å². The Kier molecular flexibility index (Phi) is 4.21. The SMILES string of the molecule is Cc1cccc(-c2cc(=O)c3cc(NC(=O)c4cc5ccccc5o4)ccc3o2)c1. The molecule has 0 atom stereocenters. The number of carbonyl (C=O) groups excluding carboxylic acids is 1. The maximum Gasteiger partial charge on any atom is 0.291 e. The smallest absolute Gasteiger partial charge is 0.291 e. The highest BCUT2D eigenvalue weighted by Gasteiger charge is 2.14. The molecule has 1 N–H and O–H groups in total. The minimum absolute atomic E-state index is 0.174. The van der Waals surface area contributed by atoms with E-state index in [1.54, 1.807) is 30.3 Å². The minimum Gasteiger partial charge on any atom is -0.456 e. The lowest BCUT2D eigenvalue weighted by Gasteiger charge is -2.07. The van der Waals surface area contributed by atoms with Crippen LogP contribution < -0.4 is 10.7 Å². The number of benzene rings is 3. The van der Waals surface area contributed by atoms with Crippen LogP contribution in [0.2, 0.25) is 0 Å². The lowest BCUT2D eigenvalue weighted by Crippen LogP contribution is -2.11. The van der Waals surface area contributed by atoms with Crippen LogP contribution >= 0.6 is 0 Å². The Morgan fingerprint density at radius 1 is 0.833 bits per heavy atom. The van der Waals surface area contributed by atoms with E-state index in [2.05, 4.69) is 5.32 Å². The molecule has 0 radical (unpaired) electrons. The van der Waals surface area contributed by atoms with Crippen molar-refractivity contribution in [1.29, 1.82) is 0 Å². The monoisotopic (exact) mass is 395 g/mol. The van der Waals surface area contributed by atoms with Gasteiger partial charge in [0.05, 0.1) is 5.39 Å². The van der Waals surface area contributed by atoms with Crippen molar-refractivity contribution in [2.45, 2.75) is 6.92 Å². The number of fused-ring (bicyclic) bond motifs is 2. The second-order valence-electron chi connectivity index (χ2n) is 7.16. The standard InChI is InChI=1S/C25H17NO4/c1-15-5-4-7-16(11-15)23-14-20(27)19-13-18(9-10-22(19)30-23)26-25(28)24-12-17-6-2-3-8-21(17)29-24/h2-14H,1H3,(H,26,28). The second kappa shape index (κ2) is 7.04. The van der Waals surface area contributed by atoms with Gasteiger partial charge in [-0.3, -0.25) is 9.59 Å². The number of para-hydroxylation sites is 1. The highest BCUT2D eigenvalue weighted by atomic mass is 16.3. The Bertz CT molecular complexity index is 1440. The van der Waals surface area contributed by atoms with Gasteiger partial charge in [-0.25, -0.2) is 0 Å². The summed E-state index contributed by atoms with van der Waals surface area (Å²) in [6.45, 7) is 1.99. The van der Waals surface area contributed by atoms with Crippen LogP contribution in [0.4, 0.5) is 5.69 Å². The maximum absolute atomic E-state index is 12.7. The van der Waals surface area contributed by atoms with Crippen LogP contribution in [0.15, 0.2) is 92.5 Å². The normalized spacial score (nSPS) is 11.1. The molecule has 0 saturated heterocycles. The first kappa shape index (κ1) is 17.9. The number of hydrogen-bond donors (Lipinski definition) is 1. The Morgan fingerprint density at radius 2 is 1.70 bits per heavy atom. The molecule has 0 fully saturated rings. The zero-order valence-electron chi connectivity index (χ0n) is 16.1. The number of anilines is 1. The van der Waals surface area contributed by atoms with Crippen molar-refractivity contribution in [2.24, 2.45) is 0 Å². The van der Waals surface area contributed by atoms with E-state index >= 15 is 0 Å². The van der Waals surface area contributed by atoms with E-state index in [9.17, 15) is 9.59 Å². The molecule has 1 amide bonds. The Hall–Kier alpha value is -4.12. The van der Waals surface area contributed by atoms with Crippen molar-refractivity contribution < 1.29 is 13.6 Å². The van der Waals surface area contributed by atoms with E-state index in [1.807, 2.05) is 49.4 Å². The predicted octanol–water partition coefficient (Wildman–Crippen LogP) is 5.77. The average molecular weight is 395 g/mol. The van der Waals surface area contributed by atoms with Crippen LogP contribution in [0.1, 0.15) is 16.1 Å². The topological polar surface area (TPSA) is 72.5 Å². The summed E-state index contributed by atoms with van der Waals surface area (Å²) < 4.78 is 11.5. The summed E-state index contributed by atoms with van der Waals surface area (Å²) in [7, 11) is 0. The fourth-order valence-electron chi connectivity index (χ4n) is 3.46. The molecule has 0 spiro atoms. The molecule has 0 aliphatic heterocycles. The van der Waals surface area contributed by atoms with Gasteiger partial charge in [-0.1, -0.05) is 42.0 Å². The third-order valence-electron chi connectivity index (χ3n) is 4.94. The molecule has 5 heteroatoms. The quantitative estimate of drug-likeness (QED) is 0.421. The molecule has 0 unspecified atom stereocenters. The Morgan fingerprint density at radius 3 is 2.53 bits per heavy atom. The zero-order valence-corrected chi connectivity index (χ0v) is 16.1. The first-order valence-corrected chi connectivity index (χ1v) is 9.52. The van der Waals surface area contributed by atoms with Crippen LogP contribution in [-0.2, 0) is 0 Å². The summed E-state index contributed by atoms with van der Waals surface area (Å²) in [4.78, 5) is 25.3. The number of carbonyl (C=O) groups is 1. The second-order valence-corrected chi connectivity index (χ2v) is 7.16.